The van der Waals surface area contributed by atoms with Gasteiger partial charge in [0.05, 0.1) is 27.1 Å². The van der Waals surface area contributed by atoms with Gasteiger partial charge in [0.2, 0.25) is 0 Å². The Labute approximate surface area is 214 Å². The number of para-hydroxylation sites is 1. The molecular formula is C23H18N4O6S3. The van der Waals surface area contributed by atoms with Gasteiger partial charge >= 0.3 is 10.1 Å². The Morgan fingerprint density at radius 2 is 1.94 bits per heavy atom. The smallest absolute Gasteiger partial charge is 0.339 e. The summed E-state index contributed by atoms with van der Waals surface area (Å²) in [5, 5.41) is 15.0. The van der Waals surface area contributed by atoms with Gasteiger partial charge in [-0.25, -0.2) is 10.4 Å². The molecule has 10 nitrogen and oxygen atoms in total. The molecule has 0 saturated heterocycles. The SMILES string of the molecule is Cc1ccc(S(=O)(=O)Oc2ccc(/C=N\NC(=O)CSc3nc4ccccc4s3)cc2)cc1[N+](=O)[O-]. The third-order valence-corrected chi connectivity index (χ3v) is 8.18. The van der Waals surface area contributed by atoms with Crippen LogP contribution in [0.15, 0.2) is 81.1 Å². The molecule has 0 fully saturated rings. The lowest BCUT2D eigenvalue weighted by Crippen LogP contribution is -2.19. The number of fused-ring (bicyclic) bond motifs is 1. The number of thiazole rings is 1. The van der Waals surface area contributed by atoms with Crippen LogP contribution in [0.3, 0.4) is 0 Å². The van der Waals surface area contributed by atoms with E-state index < -0.39 is 15.0 Å². The molecule has 0 aliphatic rings. The topological polar surface area (TPSA) is 141 Å². The number of thioether (sulfide) groups is 1. The van der Waals surface area contributed by atoms with Crippen molar-refractivity contribution in [2.45, 2.75) is 16.2 Å². The molecule has 1 amide bonds. The molecule has 4 aromatic rings. The number of benzene rings is 3. The molecule has 36 heavy (non-hydrogen) atoms. The van der Waals surface area contributed by atoms with E-state index in [1.807, 2.05) is 24.3 Å². The van der Waals surface area contributed by atoms with E-state index >= 15 is 0 Å². The average Bonchev–Trinajstić information content (AvgIpc) is 3.27. The lowest BCUT2D eigenvalue weighted by Gasteiger charge is -2.08. The first-order valence-electron chi connectivity index (χ1n) is 10.3. The molecule has 1 heterocycles. The number of hydrogen-bond acceptors (Lipinski definition) is 10. The lowest BCUT2D eigenvalue weighted by atomic mass is 10.2. The van der Waals surface area contributed by atoms with E-state index in [4.69, 9.17) is 4.18 Å². The highest BCUT2D eigenvalue weighted by molar-refractivity contribution is 8.01. The van der Waals surface area contributed by atoms with Gasteiger partial charge in [0.25, 0.3) is 11.6 Å². The molecule has 184 valence electrons. The summed E-state index contributed by atoms with van der Waals surface area (Å²) in [6, 6.07) is 17.2. The van der Waals surface area contributed by atoms with Gasteiger partial charge in [-0.1, -0.05) is 30.0 Å². The van der Waals surface area contributed by atoms with E-state index in [2.05, 4.69) is 15.5 Å². The van der Waals surface area contributed by atoms with Crippen molar-refractivity contribution in [3.8, 4) is 5.75 Å². The van der Waals surface area contributed by atoms with E-state index in [9.17, 15) is 23.3 Å². The van der Waals surface area contributed by atoms with Gasteiger partial charge in [0, 0.05) is 11.6 Å². The van der Waals surface area contributed by atoms with Crippen molar-refractivity contribution in [1.29, 1.82) is 0 Å². The number of nitro groups is 1. The van der Waals surface area contributed by atoms with Gasteiger partial charge in [0.15, 0.2) is 4.34 Å². The number of rotatable bonds is 9. The fourth-order valence-electron chi connectivity index (χ4n) is 2.98. The van der Waals surface area contributed by atoms with Crippen LogP contribution in [0, 0.1) is 17.0 Å². The summed E-state index contributed by atoms with van der Waals surface area (Å²) in [7, 11) is -4.27. The van der Waals surface area contributed by atoms with Crippen molar-refractivity contribution >= 4 is 61.2 Å². The molecule has 4 rings (SSSR count). The van der Waals surface area contributed by atoms with Gasteiger partial charge in [-0.05, 0) is 55.0 Å². The van der Waals surface area contributed by atoms with E-state index in [-0.39, 0.29) is 28.0 Å². The first kappa shape index (κ1) is 25.3. The quantitative estimate of drug-likeness (QED) is 0.107. The summed E-state index contributed by atoms with van der Waals surface area (Å²) < 4.78 is 32.0. The molecule has 3 aromatic carbocycles. The van der Waals surface area contributed by atoms with Crippen molar-refractivity contribution in [3.05, 3.63) is 88.0 Å². The van der Waals surface area contributed by atoms with Gasteiger partial charge < -0.3 is 4.18 Å². The Morgan fingerprint density at radius 3 is 2.67 bits per heavy atom. The number of carbonyl (C=O) groups excluding carboxylic acids is 1. The number of carbonyl (C=O) groups is 1. The highest BCUT2D eigenvalue weighted by Gasteiger charge is 2.21. The normalized spacial score (nSPS) is 11.6. The van der Waals surface area contributed by atoms with Crippen LogP contribution in [0.1, 0.15) is 11.1 Å². The highest BCUT2D eigenvalue weighted by atomic mass is 32.2. The van der Waals surface area contributed by atoms with Crippen LogP contribution in [-0.2, 0) is 14.9 Å². The molecule has 0 unspecified atom stereocenters. The second kappa shape index (κ2) is 10.8. The van der Waals surface area contributed by atoms with Crippen LogP contribution < -0.4 is 9.61 Å². The number of hydrogen-bond donors (Lipinski definition) is 1. The minimum absolute atomic E-state index is 0.0200. The van der Waals surface area contributed by atoms with Gasteiger partial charge in [0.1, 0.15) is 10.6 Å². The van der Waals surface area contributed by atoms with Crippen molar-refractivity contribution < 1.29 is 22.3 Å². The third kappa shape index (κ3) is 6.24. The van der Waals surface area contributed by atoms with E-state index in [0.29, 0.717) is 11.1 Å². The molecule has 0 spiro atoms. The highest BCUT2D eigenvalue weighted by Crippen LogP contribution is 2.29. The number of nitrogens with one attached hydrogen (secondary N) is 1. The van der Waals surface area contributed by atoms with Gasteiger partial charge in [-0.3, -0.25) is 14.9 Å². The zero-order valence-electron chi connectivity index (χ0n) is 18.7. The van der Waals surface area contributed by atoms with Crippen molar-refractivity contribution in [3.63, 3.8) is 0 Å². The number of nitrogens with zero attached hydrogens (tertiary/aromatic N) is 3. The lowest BCUT2D eigenvalue weighted by molar-refractivity contribution is -0.385. The standard InChI is InChI=1S/C23H18N4O6S3/c1-15-6-11-18(12-20(15)27(29)30)36(31,32)33-17-9-7-16(8-10-17)13-24-26-22(28)14-34-23-25-19-4-2-3-5-21(19)35-23/h2-13H,14H2,1H3,(H,26,28)/b24-13-. The van der Waals surface area contributed by atoms with Crippen molar-refractivity contribution in [1.82, 2.24) is 10.4 Å². The van der Waals surface area contributed by atoms with Crippen LogP contribution >= 0.6 is 23.1 Å². The van der Waals surface area contributed by atoms with Crippen molar-refractivity contribution in [2.24, 2.45) is 5.10 Å². The Hall–Kier alpha value is -3.81. The Kier molecular flexibility index (Phi) is 7.62. The van der Waals surface area contributed by atoms with Crippen molar-refractivity contribution in [2.75, 3.05) is 5.75 Å². The molecule has 0 radical (unpaired) electrons. The van der Waals surface area contributed by atoms with Gasteiger partial charge in [-0.15, -0.1) is 11.3 Å². The number of aryl methyl sites for hydroxylation is 1. The minimum atomic E-state index is -4.27. The Morgan fingerprint density at radius 1 is 1.19 bits per heavy atom. The number of nitro benzene ring substituents is 1. The molecule has 1 N–H and O–H groups in total. The molecular weight excluding hydrogens is 524 g/mol. The van der Waals surface area contributed by atoms with Crippen LogP contribution in [-0.4, -0.2) is 36.2 Å². The monoisotopic (exact) mass is 542 g/mol. The maximum atomic E-state index is 12.5. The second-order valence-corrected chi connectivity index (χ2v) is 11.1. The largest absolute Gasteiger partial charge is 0.379 e. The molecule has 0 bridgehead atoms. The van der Waals surface area contributed by atoms with Gasteiger partial charge in [-0.2, -0.15) is 13.5 Å². The fraction of sp³-hybridized carbons (Fsp3) is 0.0870. The van der Waals surface area contributed by atoms with Crippen LogP contribution in [0.5, 0.6) is 5.75 Å². The second-order valence-electron chi connectivity index (χ2n) is 7.34. The molecule has 0 aliphatic carbocycles. The van der Waals surface area contributed by atoms with Crippen LogP contribution in [0.2, 0.25) is 0 Å². The molecule has 0 saturated carbocycles. The molecule has 13 heteroatoms. The average molecular weight is 543 g/mol. The van der Waals surface area contributed by atoms with Crippen LogP contribution in [0.4, 0.5) is 5.69 Å². The van der Waals surface area contributed by atoms with E-state index in [0.717, 1.165) is 20.6 Å². The summed E-state index contributed by atoms with van der Waals surface area (Å²) in [6.45, 7) is 1.51. The van der Waals surface area contributed by atoms with E-state index in [1.165, 1.54) is 60.5 Å². The maximum Gasteiger partial charge on any atom is 0.339 e. The first-order valence-corrected chi connectivity index (χ1v) is 13.5. The first-order chi connectivity index (χ1) is 17.2. The zero-order valence-corrected chi connectivity index (χ0v) is 21.1. The third-order valence-electron chi connectivity index (χ3n) is 4.76. The Bertz CT molecular complexity index is 1530. The summed E-state index contributed by atoms with van der Waals surface area (Å²) in [5.41, 5.74) is 3.94. The van der Waals surface area contributed by atoms with Crippen LogP contribution in [0.25, 0.3) is 10.2 Å². The molecule has 0 atom stereocenters. The predicted octanol–water partition coefficient (Wildman–Crippen LogP) is 4.52. The zero-order chi connectivity index (χ0) is 25.7. The Balaban J connectivity index is 1.31. The summed E-state index contributed by atoms with van der Waals surface area (Å²) in [5.74, 6) is -0.126. The minimum Gasteiger partial charge on any atom is -0.379 e. The number of amides is 1. The maximum absolute atomic E-state index is 12.5. The number of hydrazone groups is 1. The molecule has 1 aromatic heterocycles. The predicted molar refractivity (Wildman–Crippen MR) is 138 cm³/mol. The fourth-order valence-corrected chi connectivity index (χ4v) is 5.79. The molecule has 0 aliphatic heterocycles. The summed E-state index contributed by atoms with van der Waals surface area (Å²) in [6.07, 6.45) is 1.40. The summed E-state index contributed by atoms with van der Waals surface area (Å²) >= 11 is 2.83. The summed E-state index contributed by atoms with van der Waals surface area (Å²) in [4.78, 5) is 26.6. The van der Waals surface area contributed by atoms with E-state index in [1.54, 1.807) is 12.1 Å². The number of aromatic nitrogens is 1.